The Hall–Kier alpha value is -2.34. The number of primary amides is 1. The van der Waals surface area contributed by atoms with Crippen molar-refractivity contribution in [3.05, 3.63) is 70.8 Å². The number of nitrogens with zero attached hydrogens (tertiary/aromatic N) is 1. The average molecular weight is 388 g/mol. The standard InChI is InChI=1S/C22H23F3N2O/c23-22(24,25)17-8-4-7-16(21(26)28)20(17)19(15-5-2-1-3-6-15)18-13-14-9-11-27(18)12-10-14/h1-8,14,18-19H,9-13H2,(H2,26,28)/t18-,19+/m0/s1. The van der Waals surface area contributed by atoms with Crippen molar-refractivity contribution in [2.24, 2.45) is 11.7 Å². The Labute approximate surface area is 162 Å². The number of carbonyl (C=O) groups is 1. The number of hydrogen-bond acceptors (Lipinski definition) is 2. The van der Waals surface area contributed by atoms with E-state index in [0.29, 0.717) is 5.92 Å². The van der Waals surface area contributed by atoms with Crippen LogP contribution >= 0.6 is 0 Å². The second-order valence-electron chi connectivity index (χ2n) is 7.80. The molecule has 0 radical (unpaired) electrons. The van der Waals surface area contributed by atoms with Crippen molar-refractivity contribution >= 4 is 5.91 Å². The van der Waals surface area contributed by atoms with Gasteiger partial charge in [-0.1, -0.05) is 36.4 Å². The molecule has 3 aliphatic heterocycles. The third-order valence-electron chi connectivity index (χ3n) is 6.22. The summed E-state index contributed by atoms with van der Waals surface area (Å²) in [7, 11) is 0. The lowest BCUT2D eigenvalue weighted by atomic mass is 9.72. The molecule has 3 saturated heterocycles. The van der Waals surface area contributed by atoms with Crippen molar-refractivity contribution in [1.82, 2.24) is 4.90 Å². The Kier molecular flexibility index (Phi) is 4.91. The van der Waals surface area contributed by atoms with Crippen LogP contribution < -0.4 is 5.73 Å². The molecule has 0 aliphatic carbocycles. The van der Waals surface area contributed by atoms with Gasteiger partial charge in [-0.3, -0.25) is 9.69 Å². The van der Waals surface area contributed by atoms with Crippen LogP contribution in [0.15, 0.2) is 48.5 Å². The number of alkyl halides is 3. The molecule has 3 heterocycles. The van der Waals surface area contributed by atoms with Gasteiger partial charge in [0.05, 0.1) is 5.56 Å². The molecule has 2 aromatic carbocycles. The zero-order chi connectivity index (χ0) is 19.9. The van der Waals surface area contributed by atoms with E-state index in [1.807, 2.05) is 30.3 Å². The highest BCUT2D eigenvalue weighted by atomic mass is 19.4. The monoisotopic (exact) mass is 388 g/mol. The highest BCUT2D eigenvalue weighted by Crippen LogP contribution is 2.46. The number of rotatable bonds is 4. The van der Waals surface area contributed by atoms with Gasteiger partial charge in [0, 0.05) is 17.5 Å². The van der Waals surface area contributed by atoms with Gasteiger partial charge in [-0.15, -0.1) is 0 Å². The molecule has 0 spiro atoms. The van der Waals surface area contributed by atoms with Gasteiger partial charge in [-0.25, -0.2) is 0 Å². The zero-order valence-corrected chi connectivity index (χ0v) is 15.5. The molecule has 3 fully saturated rings. The van der Waals surface area contributed by atoms with Gasteiger partial charge in [0.15, 0.2) is 0 Å². The van der Waals surface area contributed by atoms with Crippen molar-refractivity contribution in [3.8, 4) is 0 Å². The lowest BCUT2D eigenvalue weighted by Gasteiger charge is -2.49. The van der Waals surface area contributed by atoms with Gasteiger partial charge in [0.25, 0.3) is 0 Å². The van der Waals surface area contributed by atoms with Crippen LogP contribution in [0.3, 0.4) is 0 Å². The fraction of sp³-hybridized carbons (Fsp3) is 0.409. The van der Waals surface area contributed by atoms with E-state index in [1.54, 1.807) is 0 Å². The Morgan fingerprint density at radius 2 is 1.71 bits per heavy atom. The molecule has 3 aliphatic rings. The second kappa shape index (κ2) is 7.24. The van der Waals surface area contributed by atoms with E-state index >= 15 is 0 Å². The number of halogens is 3. The van der Waals surface area contributed by atoms with E-state index in [2.05, 4.69) is 4.90 Å². The molecule has 3 nitrogen and oxygen atoms in total. The molecule has 0 aromatic heterocycles. The molecule has 2 atom stereocenters. The normalized spacial score (nSPS) is 25.5. The first-order valence-corrected chi connectivity index (χ1v) is 9.65. The minimum absolute atomic E-state index is 0.0197. The lowest BCUT2D eigenvalue weighted by Crippen LogP contribution is -2.51. The molecule has 5 rings (SSSR count). The van der Waals surface area contributed by atoms with Crippen LogP contribution in [-0.2, 0) is 6.18 Å². The average Bonchev–Trinajstić information content (AvgIpc) is 2.69. The van der Waals surface area contributed by atoms with Crippen LogP contribution in [0.4, 0.5) is 13.2 Å². The fourth-order valence-electron chi connectivity index (χ4n) is 4.96. The van der Waals surface area contributed by atoms with Crippen molar-refractivity contribution < 1.29 is 18.0 Å². The largest absolute Gasteiger partial charge is 0.416 e. The first-order valence-electron chi connectivity index (χ1n) is 9.65. The van der Waals surface area contributed by atoms with Gasteiger partial charge < -0.3 is 5.73 Å². The summed E-state index contributed by atoms with van der Waals surface area (Å²) in [5.74, 6) is -0.848. The van der Waals surface area contributed by atoms with Crippen LogP contribution in [0.2, 0.25) is 0 Å². The van der Waals surface area contributed by atoms with Crippen LogP contribution in [0, 0.1) is 5.92 Å². The second-order valence-corrected chi connectivity index (χ2v) is 7.80. The summed E-state index contributed by atoms with van der Waals surface area (Å²) in [6.07, 6.45) is -1.55. The van der Waals surface area contributed by atoms with Crippen molar-refractivity contribution in [1.29, 1.82) is 0 Å². The van der Waals surface area contributed by atoms with Gasteiger partial charge in [0.1, 0.15) is 0 Å². The number of amides is 1. The summed E-state index contributed by atoms with van der Waals surface area (Å²) in [6, 6.07) is 12.9. The Balaban J connectivity index is 1.94. The summed E-state index contributed by atoms with van der Waals surface area (Å²) in [5, 5.41) is 0. The summed E-state index contributed by atoms with van der Waals surface area (Å²) in [6.45, 7) is 1.78. The van der Waals surface area contributed by atoms with Gasteiger partial charge in [-0.05, 0) is 61.5 Å². The van der Waals surface area contributed by atoms with Crippen LogP contribution in [0.5, 0.6) is 0 Å². The molecule has 0 unspecified atom stereocenters. The summed E-state index contributed by atoms with van der Waals surface area (Å²) >= 11 is 0. The van der Waals surface area contributed by atoms with E-state index in [4.69, 9.17) is 5.73 Å². The van der Waals surface area contributed by atoms with E-state index < -0.39 is 23.6 Å². The summed E-state index contributed by atoms with van der Waals surface area (Å²) in [4.78, 5) is 14.4. The third-order valence-corrected chi connectivity index (χ3v) is 6.22. The van der Waals surface area contributed by atoms with Crippen molar-refractivity contribution in [2.45, 2.75) is 37.4 Å². The van der Waals surface area contributed by atoms with E-state index in [-0.39, 0.29) is 17.2 Å². The van der Waals surface area contributed by atoms with Gasteiger partial charge in [0.2, 0.25) is 5.91 Å². The van der Waals surface area contributed by atoms with Crippen LogP contribution in [0.25, 0.3) is 0 Å². The molecule has 2 bridgehead atoms. The first kappa shape index (κ1) is 19.0. The quantitative estimate of drug-likeness (QED) is 0.843. The highest BCUT2D eigenvalue weighted by molar-refractivity contribution is 5.95. The predicted molar refractivity (Wildman–Crippen MR) is 101 cm³/mol. The highest BCUT2D eigenvalue weighted by Gasteiger charge is 2.44. The molecule has 6 heteroatoms. The number of fused-ring (bicyclic) bond motifs is 3. The predicted octanol–water partition coefficient (Wildman–Crippen LogP) is 4.42. The number of benzene rings is 2. The smallest absolute Gasteiger partial charge is 0.366 e. The maximum atomic E-state index is 14.0. The third kappa shape index (κ3) is 3.41. The molecule has 28 heavy (non-hydrogen) atoms. The van der Waals surface area contributed by atoms with Gasteiger partial charge in [-0.2, -0.15) is 13.2 Å². The Morgan fingerprint density at radius 3 is 2.25 bits per heavy atom. The molecule has 148 valence electrons. The molecule has 0 saturated carbocycles. The number of carbonyl (C=O) groups excluding carboxylic acids is 1. The van der Waals surface area contributed by atoms with Crippen LogP contribution in [-0.4, -0.2) is 29.9 Å². The number of hydrogen-bond donors (Lipinski definition) is 1. The molecule has 2 aromatic rings. The molecule has 1 amide bonds. The molecule has 2 N–H and O–H groups in total. The fourth-order valence-corrected chi connectivity index (χ4v) is 4.96. The number of nitrogens with two attached hydrogens (primary N) is 1. The van der Waals surface area contributed by atoms with Crippen LogP contribution in [0.1, 0.15) is 52.2 Å². The maximum Gasteiger partial charge on any atom is 0.416 e. The lowest BCUT2D eigenvalue weighted by molar-refractivity contribution is -0.138. The Bertz CT molecular complexity index is 858. The van der Waals surface area contributed by atoms with E-state index in [9.17, 15) is 18.0 Å². The molecular formula is C22H23F3N2O. The van der Waals surface area contributed by atoms with E-state index in [0.717, 1.165) is 44.0 Å². The van der Waals surface area contributed by atoms with Crippen molar-refractivity contribution in [3.63, 3.8) is 0 Å². The topological polar surface area (TPSA) is 46.3 Å². The first-order chi connectivity index (χ1) is 13.4. The summed E-state index contributed by atoms with van der Waals surface area (Å²) in [5.41, 5.74) is 5.54. The SMILES string of the molecule is NC(=O)c1cccc(C(F)(F)F)c1[C@H](c1ccccc1)[C@@H]1CC2CCN1CC2. The number of piperidine rings is 3. The van der Waals surface area contributed by atoms with Gasteiger partial charge >= 0.3 is 6.18 Å². The summed E-state index contributed by atoms with van der Waals surface area (Å²) < 4.78 is 41.9. The maximum absolute atomic E-state index is 14.0. The van der Waals surface area contributed by atoms with Crippen molar-refractivity contribution in [2.75, 3.05) is 13.1 Å². The van der Waals surface area contributed by atoms with E-state index in [1.165, 1.54) is 12.1 Å². The zero-order valence-electron chi connectivity index (χ0n) is 15.5. The molecular weight excluding hydrogens is 365 g/mol. The Morgan fingerprint density at radius 1 is 1.04 bits per heavy atom. The minimum Gasteiger partial charge on any atom is -0.366 e. The minimum atomic E-state index is -4.56.